The second-order valence-corrected chi connectivity index (χ2v) is 4.48. The van der Waals surface area contributed by atoms with Crippen LogP contribution in [0.5, 0.6) is 0 Å². The van der Waals surface area contributed by atoms with Crippen LogP contribution in [0.25, 0.3) is 0 Å². The van der Waals surface area contributed by atoms with Gasteiger partial charge in [0, 0.05) is 10.0 Å². The number of aliphatic hydroxyl groups is 1. The maximum absolute atomic E-state index is 8.92. The smallest absolute Gasteiger partial charge is 0.0682 e. The van der Waals surface area contributed by atoms with Crippen molar-refractivity contribution in [2.45, 2.75) is 25.0 Å². The highest BCUT2D eigenvalue weighted by atomic mass is 79.9. The number of hydrogen-bond donors (Lipinski definition) is 2. The molecule has 2 nitrogen and oxygen atoms in total. The summed E-state index contributed by atoms with van der Waals surface area (Å²) in [5.41, 5.74) is 8.04. The minimum atomic E-state index is -0.104. The van der Waals surface area contributed by atoms with Crippen LogP contribution in [-0.2, 0) is 12.1 Å². The summed E-state index contributed by atoms with van der Waals surface area (Å²) < 4.78 is 1.01. The number of hydrogen-bond acceptors (Lipinski definition) is 2. The Bertz CT molecular complexity index is 334. The van der Waals surface area contributed by atoms with Crippen molar-refractivity contribution in [1.29, 1.82) is 0 Å². The highest BCUT2D eigenvalue weighted by molar-refractivity contribution is 9.10. The Balaban J connectivity index is 2.38. The summed E-state index contributed by atoms with van der Waals surface area (Å²) in [4.78, 5) is 0. The molecule has 0 radical (unpaired) electrons. The zero-order valence-electron chi connectivity index (χ0n) is 7.26. The zero-order chi connectivity index (χ0) is 9.47. The van der Waals surface area contributed by atoms with Crippen LogP contribution in [0.3, 0.4) is 0 Å². The number of aliphatic hydroxyl groups excluding tert-OH is 1. The van der Waals surface area contributed by atoms with Gasteiger partial charge in [0.15, 0.2) is 0 Å². The third-order valence-corrected chi connectivity index (χ3v) is 3.20. The SMILES string of the molecule is NC1(c2ccc(CO)cc2Br)CC1. The van der Waals surface area contributed by atoms with E-state index >= 15 is 0 Å². The van der Waals surface area contributed by atoms with E-state index in [1.54, 1.807) is 0 Å². The number of rotatable bonds is 2. The van der Waals surface area contributed by atoms with Gasteiger partial charge in [-0.25, -0.2) is 0 Å². The van der Waals surface area contributed by atoms with E-state index < -0.39 is 0 Å². The van der Waals surface area contributed by atoms with Crippen molar-refractivity contribution in [3.8, 4) is 0 Å². The Morgan fingerprint density at radius 3 is 2.62 bits per heavy atom. The van der Waals surface area contributed by atoms with Crippen molar-refractivity contribution < 1.29 is 5.11 Å². The fraction of sp³-hybridized carbons (Fsp3) is 0.400. The van der Waals surface area contributed by atoms with Crippen LogP contribution in [0.15, 0.2) is 22.7 Å². The molecule has 1 aliphatic rings. The molecule has 0 aliphatic heterocycles. The van der Waals surface area contributed by atoms with E-state index in [9.17, 15) is 0 Å². The van der Waals surface area contributed by atoms with Gasteiger partial charge in [-0.05, 0) is 30.0 Å². The van der Waals surface area contributed by atoms with Gasteiger partial charge < -0.3 is 10.8 Å². The predicted molar refractivity (Wildman–Crippen MR) is 55.2 cm³/mol. The Hall–Kier alpha value is -0.380. The summed E-state index contributed by atoms with van der Waals surface area (Å²) in [5.74, 6) is 0. The molecule has 1 aliphatic carbocycles. The van der Waals surface area contributed by atoms with E-state index in [0.29, 0.717) is 0 Å². The summed E-state index contributed by atoms with van der Waals surface area (Å²) >= 11 is 3.47. The van der Waals surface area contributed by atoms with E-state index in [2.05, 4.69) is 15.9 Å². The summed E-state index contributed by atoms with van der Waals surface area (Å²) in [6.07, 6.45) is 2.12. The van der Waals surface area contributed by atoms with Crippen LogP contribution < -0.4 is 5.73 Å². The lowest BCUT2D eigenvalue weighted by Crippen LogP contribution is -2.19. The van der Waals surface area contributed by atoms with Crippen molar-refractivity contribution in [1.82, 2.24) is 0 Å². The van der Waals surface area contributed by atoms with E-state index in [0.717, 1.165) is 28.4 Å². The average molecular weight is 242 g/mol. The van der Waals surface area contributed by atoms with Gasteiger partial charge in [-0.3, -0.25) is 0 Å². The van der Waals surface area contributed by atoms with Crippen LogP contribution in [0.1, 0.15) is 24.0 Å². The lowest BCUT2D eigenvalue weighted by atomic mass is 10.0. The number of benzene rings is 1. The molecular weight excluding hydrogens is 230 g/mol. The molecule has 1 fully saturated rings. The molecule has 3 heteroatoms. The average Bonchev–Trinajstić information content (AvgIpc) is 2.84. The molecular formula is C10H12BrNO. The van der Waals surface area contributed by atoms with Crippen molar-refractivity contribution >= 4 is 15.9 Å². The monoisotopic (exact) mass is 241 g/mol. The lowest BCUT2D eigenvalue weighted by molar-refractivity contribution is 0.281. The standard InChI is InChI=1S/C10H12BrNO/c11-9-5-7(6-13)1-2-8(9)10(12)3-4-10/h1-2,5,13H,3-4,6,12H2. The Kier molecular flexibility index (Phi) is 2.18. The zero-order valence-corrected chi connectivity index (χ0v) is 8.84. The van der Waals surface area contributed by atoms with Crippen LogP contribution >= 0.6 is 15.9 Å². The molecule has 0 saturated heterocycles. The van der Waals surface area contributed by atoms with Gasteiger partial charge in [-0.15, -0.1) is 0 Å². The van der Waals surface area contributed by atoms with Gasteiger partial charge in [0.2, 0.25) is 0 Å². The largest absolute Gasteiger partial charge is 0.392 e. The molecule has 3 N–H and O–H groups in total. The first kappa shape index (κ1) is 9.19. The summed E-state index contributed by atoms with van der Waals surface area (Å²) in [7, 11) is 0. The van der Waals surface area contributed by atoms with Crippen molar-refractivity contribution in [2.24, 2.45) is 5.73 Å². The van der Waals surface area contributed by atoms with Gasteiger partial charge in [0.25, 0.3) is 0 Å². The third-order valence-electron chi connectivity index (χ3n) is 2.54. The first-order valence-corrected chi connectivity index (χ1v) is 5.14. The highest BCUT2D eigenvalue weighted by Gasteiger charge is 2.41. The fourth-order valence-electron chi connectivity index (χ4n) is 1.46. The topological polar surface area (TPSA) is 46.2 Å². The van der Waals surface area contributed by atoms with Crippen LogP contribution in [-0.4, -0.2) is 5.11 Å². The maximum atomic E-state index is 8.92. The Morgan fingerprint density at radius 1 is 1.46 bits per heavy atom. The molecule has 2 rings (SSSR count). The Labute approximate surface area is 85.9 Å². The molecule has 0 atom stereocenters. The molecule has 0 spiro atoms. The minimum absolute atomic E-state index is 0.0798. The van der Waals surface area contributed by atoms with Gasteiger partial charge in [0.05, 0.1) is 6.61 Å². The maximum Gasteiger partial charge on any atom is 0.0682 e. The lowest BCUT2D eigenvalue weighted by Gasteiger charge is -2.12. The quantitative estimate of drug-likeness (QED) is 0.831. The van der Waals surface area contributed by atoms with Gasteiger partial charge >= 0.3 is 0 Å². The molecule has 1 saturated carbocycles. The number of halogens is 1. The molecule has 70 valence electrons. The predicted octanol–water partition coefficient (Wildman–Crippen LogP) is 1.89. The minimum Gasteiger partial charge on any atom is -0.392 e. The van der Waals surface area contributed by atoms with E-state index in [-0.39, 0.29) is 12.1 Å². The van der Waals surface area contributed by atoms with Crippen molar-refractivity contribution in [3.05, 3.63) is 33.8 Å². The summed E-state index contributed by atoms with van der Waals surface area (Å²) in [6.45, 7) is 0.0798. The molecule has 0 bridgehead atoms. The van der Waals surface area contributed by atoms with Crippen molar-refractivity contribution in [3.63, 3.8) is 0 Å². The van der Waals surface area contributed by atoms with E-state index in [1.165, 1.54) is 0 Å². The first-order chi connectivity index (χ1) is 6.15. The number of nitrogens with two attached hydrogens (primary N) is 1. The van der Waals surface area contributed by atoms with Crippen molar-refractivity contribution in [2.75, 3.05) is 0 Å². The van der Waals surface area contributed by atoms with Gasteiger partial charge in [-0.2, -0.15) is 0 Å². The molecule has 0 amide bonds. The molecule has 13 heavy (non-hydrogen) atoms. The molecule has 0 heterocycles. The fourth-order valence-corrected chi connectivity index (χ4v) is 2.29. The molecule has 0 aromatic heterocycles. The van der Waals surface area contributed by atoms with Gasteiger partial charge in [-0.1, -0.05) is 28.1 Å². The Morgan fingerprint density at radius 2 is 2.15 bits per heavy atom. The van der Waals surface area contributed by atoms with Crippen LogP contribution in [0.4, 0.5) is 0 Å². The molecule has 1 aromatic rings. The second-order valence-electron chi connectivity index (χ2n) is 3.63. The van der Waals surface area contributed by atoms with E-state index in [1.807, 2.05) is 18.2 Å². The van der Waals surface area contributed by atoms with Crippen LogP contribution in [0.2, 0.25) is 0 Å². The highest BCUT2D eigenvalue weighted by Crippen LogP contribution is 2.45. The first-order valence-electron chi connectivity index (χ1n) is 4.34. The normalized spacial score (nSPS) is 18.7. The summed E-state index contributed by atoms with van der Waals surface area (Å²) in [6, 6.07) is 5.86. The van der Waals surface area contributed by atoms with Crippen LogP contribution in [0, 0.1) is 0 Å². The summed E-state index contributed by atoms with van der Waals surface area (Å²) in [5, 5.41) is 8.92. The second kappa shape index (κ2) is 3.08. The molecule has 0 unspecified atom stereocenters. The third kappa shape index (κ3) is 1.64. The van der Waals surface area contributed by atoms with Gasteiger partial charge in [0.1, 0.15) is 0 Å². The van der Waals surface area contributed by atoms with E-state index in [4.69, 9.17) is 10.8 Å². The molecule has 1 aromatic carbocycles.